The largest absolute Gasteiger partial charge is 0.377 e. The Hall–Kier alpha value is -0.420. The Morgan fingerprint density at radius 3 is 2.83 bits per heavy atom. The summed E-state index contributed by atoms with van der Waals surface area (Å²) in [7, 11) is 0. The molecule has 1 aliphatic heterocycles. The van der Waals surface area contributed by atoms with Crippen LogP contribution in [0, 0.1) is 0 Å². The topological polar surface area (TPSA) is 50.9 Å². The third-order valence-corrected chi connectivity index (χ3v) is 2.30. The van der Waals surface area contributed by atoms with Gasteiger partial charge in [-0.25, -0.2) is 0 Å². The number of oxime groups is 1. The molecule has 5 heteroatoms. The van der Waals surface area contributed by atoms with E-state index in [4.69, 9.17) is 10.6 Å². The van der Waals surface area contributed by atoms with Gasteiger partial charge in [0.2, 0.25) is 0 Å². The molecule has 0 unspecified atom stereocenters. The Balaban J connectivity index is 2.08. The molecule has 1 fully saturated rings. The predicted molar refractivity (Wildman–Crippen MR) is 51.9 cm³/mol. The molecule has 0 atom stereocenters. The van der Waals surface area contributed by atoms with E-state index in [-0.39, 0.29) is 0 Å². The fraction of sp³-hybridized carbons (Fsp3) is 0.857. The lowest BCUT2D eigenvalue weighted by Gasteiger charge is -2.11. The van der Waals surface area contributed by atoms with Crippen molar-refractivity contribution in [1.82, 2.24) is 4.90 Å². The minimum atomic E-state index is 0.481. The Labute approximate surface area is 77.1 Å². The van der Waals surface area contributed by atoms with Gasteiger partial charge in [-0.2, -0.15) is 0 Å². The van der Waals surface area contributed by atoms with E-state index in [0.29, 0.717) is 11.9 Å². The maximum atomic E-state index is 5.43. The molecule has 0 saturated carbocycles. The summed E-state index contributed by atoms with van der Waals surface area (Å²) in [4.78, 5) is 7.26. The molecule has 0 amide bonds. The summed E-state index contributed by atoms with van der Waals surface area (Å²) < 4.78 is 0. The second-order valence-electron chi connectivity index (χ2n) is 2.72. The van der Waals surface area contributed by atoms with Crippen LogP contribution in [0.25, 0.3) is 0 Å². The van der Waals surface area contributed by atoms with Crippen LogP contribution in [0.2, 0.25) is 0 Å². The highest BCUT2D eigenvalue weighted by Gasteiger charge is 2.10. The Morgan fingerprint density at radius 2 is 2.25 bits per heavy atom. The fourth-order valence-electron chi connectivity index (χ4n) is 1.12. The maximum absolute atomic E-state index is 5.43. The van der Waals surface area contributed by atoms with E-state index in [1.165, 1.54) is 24.6 Å². The van der Waals surface area contributed by atoms with Crippen molar-refractivity contribution >= 4 is 16.9 Å². The molecular weight excluding hydrogens is 174 g/mol. The van der Waals surface area contributed by atoms with Crippen LogP contribution in [0.1, 0.15) is 12.8 Å². The predicted octanol–water partition coefficient (Wildman–Crippen LogP) is 0.649. The van der Waals surface area contributed by atoms with Crippen molar-refractivity contribution in [1.29, 1.82) is 0 Å². The van der Waals surface area contributed by atoms with Crippen molar-refractivity contribution in [2.75, 3.05) is 26.1 Å². The smallest absolute Gasteiger partial charge is 0.197 e. The third kappa shape index (κ3) is 3.32. The van der Waals surface area contributed by atoms with Gasteiger partial charge in [0.1, 0.15) is 0 Å². The van der Waals surface area contributed by atoms with Crippen molar-refractivity contribution in [2.24, 2.45) is 10.9 Å². The van der Waals surface area contributed by atoms with Crippen LogP contribution in [-0.2, 0) is 4.84 Å². The van der Waals surface area contributed by atoms with Gasteiger partial charge in [-0.05, 0) is 19.1 Å². The van der Waals surface area contributed by atoms with E-state index in [1.807, 2.05) is 6.26 Å². The number of rotatable bonds is 3. The number of likely N-dealkylation sites (tertiary alicyclic amines) is 1. The van der Waals surface area contributed by atoms with E-state index in [2.05, 4.69) is 10.1 Å². The first-order chi connectivity index (χ1) is 5.83. The van der Waals surface area contributed by atoms with Crippen LogP contribution in [-0.4, -0.2) is 36.1 Å². The van der Waals surface area contributed by atoms with Gasteiger partial charge >= 0.3 is 0 Å². The summed E-state index contributed by atoms with van der Waals surface area (Å²) in [6, 6.07) is 0. The van der Waals surface area contributed by atoms with Crippen LogP contribution in [0.5, 0.6) is 0 Å². The van der Waals surface area contributed by atoms with Crippen LogP contribution in [0.4, 0.5) is 0 Å². The van der Waals surface area contributed by atoms with Gasteiger partial charge in [0.05, 0.1) is 0 Å². The van der Waals surface area contributed by atoms with Gasteiger partial charge in [0.15, 0.2) is 11.9 Å². The number of nitrogens with two attached hydrogens (primary N) is 1. The van der Waals surface area contributed by atoms with Gasteiger partial charge in [-0.3, -0.25) is 4.90 Å². The van der Waals surface area contributed by atoms with Gasteiger partial charge < -0.3 is 10.6 Å². The molecule has 2 N–H and O–H groups in total. The summed E-state index contributed by atoms with van der Waals surface area (Å²) in [5, 5.41) is 4.20. The van der Waals surface area contributed by atoms with Crippen molar-refractivity contribution < 1.29 is 4.84 Å². The molecule has 0 aliphatic carbocycles. The Kier molecular flexibility index (Phi) is 4.24. The molecule has 12 heavy (non-hydrogen) atoms. The molecule has 0 aromatic carbocycles. The first kappa shape index (κ1) is 9.67. The van der Waals surface area contributed by atoms with E-state index in [1.54, 1.807) is 0 Å². The lowest BCUT2D eigenvalue weighted by atomic mass is 10.4. The zero-order valence-corrected chi connectivity index (χ0v) is 8.14. The highest BCUT2D eigenvalue weighted by atomic mass is 32.2. The van der Waals surface area contributed by atoms with Gasteiger partial charge in [0, 0.05) is 13.1 Å². The molecule has 0 aromatic heterocycles. The molecule has 4 nitrogen and oxygen atoms in total. The maximum Gasteiger partial charge on any atom is 0.197 e. The summed E-state index contributed by atoms with van der Waals surface area (Å²) in [6.07, 6.45) is 4.41. The molecule has 1 aliphatic rings. The molecule has 1 saturated heterocycles. The summed E-state index contributed by atoms with van der Waals surface area (Å²) >= 11 is 1.39. The first-order valence-corrected chi connectivity index (χ1v) is 5.27. The summed E-state index contributed by atoms with van der Waals surface area (Å²) in [5.41, 5.74) is 5.43. The summed E-state index contributed by atoms with van der Waals surface area (Å²) in [6.45, 7) is 2.81. The molecule has 0 spiro atoms. The number of thioether (sulfide) groups is 1. The number of hydrogen-bond acceptors (Lipinski definition) is 4. The van der Waals surface area contributed by atoms with Crippen LogP contribution in [0.15, 0.2) is 5.16 Å². The highest BCUT2D eigenvalue weighted by molar-refractivity contribution is 8.13. The summed E-state index contributed by atoms with van der Waals surface area (Å²) in [5.74, 6) is 0. The Bertz CT molecular complexity index is 157. The lowest BCUT2D eigenvalue weighted by molar-refractivity contribution is 0.0466. The van der Waals surface area contributed by atoms with E-state index >= 15 is 0 Å². The molecule has 1 rings (SSSR count). The first-order valence-electron chi connectivity index (χ1n) is 4.04. The second-order valence-corrected chi connectivity index (χ2v) is 3.54. The zero-order chi connectivity index (χ0) is 8.81. The highest BCUT2D eigenvalue weighted by Crippen LogP contribution is 2.06. The molecule has 0 radical (unpaired) electrons. The average Bonchev–Trinajstić information content (AvgIpc) is 2.57. The SMILES string of the molecule is CSC(N)=NOCN1CCCC1. The van der Waals surface area contributed by atoms with Gasteiger partial charge in [0.25, 0.3) is 0 Å². The quantitative estimate of drug-likeness (QED) is 0.402. The molecule has 0 aromatic rings. The number of hydrogen-bond donors (Lipinski definition) is 1. The zero-order valence-electron chi connectivity index (χ0n) is 7.32. The standard InChI is InChI=1S/C7H15N3OS/c1-12-7(8)9-11-6-10-4-2-3-5-10/h2-6H2,1H3,(H2,8,9). The number of amidine groups is 1. The van der Waals surface area contributed by atoms with Crippen LogP contribution in [0.3, 0.4) is 0 Å². The molecule has 0 bridgehead atoms. The minimum Gasteiger partial charge on any atom is -0.377 e. The fourth-order valence-corrected chi connectivity index (χ4v) is 1.25. The third-order valence-electron chi connectivity index (χ3n) is 1.80. The monoisotopic (exact) mass is 189 g/mol. The minimum absolute atomic E-state index is 0.481. The van der Waals surface area contributed by atoms with Crippen LogP contribution >= 0.6 is 11.8 Å². The van der Waals surface area contributed by atoms with E-state index in [0.717, 1.165) is 13.1 Å². The van der Waals surface area contributed by atoms with Crippen molar-refractivity contribution in [3.05, 3.63) is 0 Å². The van der Waals surface area contributed by atoms with Gasteiger partial charge in [-0.1, -0.05) is 16.9 Å². The van der Waals surface area contributed by atoms with Crippen LogP contribution < -0.4 is 5.73 Å². The Morgan fingerprint density at radius 1 is 1.58 bits per heavy atom. The molecular formula is C7H15N3OS. The lowest BCUT2D eigenvalue weighted by Crippen LogP contribution is -2.22. The molecule has 70 valence electrons. The van der Waals surface area contributed by atoms with Gasteiger partial charge in [-0.15, -0.1) is 0 Å². The normalized spacial score (nSPS) is 19.9. The van der Waals surface area contributed by atoms with E-state index in [9.17, 15) is 0 Å². The second kappa shape index (κ2) is 5.27. The number of nitrogens with zero attached hydrogens (tertiary/aromatic N) is 2. The van der Waals surface area contributed by atoms with Crippen molar-refractivity contribution in [3.8, 4) is 0 Å². The molecule has 1 heterocycles. The van der Waals surface area contributed by atoms with Crippen molar-refractivity contribution in [3.63, 3.8) is 0 Å². The van der Waals surface area contributed by atoms with Crippen molar-refractivity contribution in [2.45, 2.75) is 12.8 Å². The van der Waals surface area contributed by atoms with E-state index < -0.39 is 0 Å². The average molecular weight is 189 g/mol.